The second-order valence-electron chi connectivity index (χ2n) is 4.91. The number of urea groups is 1. The minimum atomic E-state index is -0.843. The quantitative estimate of drug-likeness (QED) is 0.525. The highest BCUT2D eigenvalue weighted by Crippen LogP contribution is 2.43. The van der Waals surface area contributed by atoms with Crippen LogP contribution in [-0.2, 0) is 9.59 Å². The normalized spacial score (nSPS) is 16.1. The Morgan fingerprint density at radius 1 is 1.16 bits per heavy atom. The van der Waals surface area contributed by atoms with Gasteiger partial charge in [-0.1, -0.05) is 6.42 Å². The van der Waals surface area contributed by atoms with Gasteiger partial charge in [0.1, 0.15) is 0 Å². The van der Waals surface area contributed by atoms with E-state index in [0.29, 0.717) is 13.1 Å². The van der Waals surface area contributed by atoms with Crippen molar-refractivity contribution in [1.82, 2.24) is 16.0 Å². The van der Waals surface area contributed by atoms with E-state index in [2.05, 4.69) is 16.0 Å². The number of rotatable bonds is 7. The van der Waals surface area contributed by atoms with Crippen molar-refractivity contribution in [3.8, 4) is 0 Å². The zero-order chi connectivity index (χ0) is 14.3. The zero-order valence-corrected chi connectivity index (χ0v) is 11.1. The van der Waals surface area contributed by atoms with Gasteiger partial charge in [-0.05, 0) is 25.2 Å². The van der Waals surface area contributed by atoms with E-state index in [1.807, 2.05) is 0 Å². The molecule has 0 bridgehead atoms. The van der Waals surface area contributed by atoms with Crippen molar-refractivity contribution < 1.29 is 19.5 Å². The smallest absolute Gasteiger partial charge is 0.315 e. The van der Waals surface area contributed by atoms with Crippen molar-refractivity contribution in [1.29, 1.82) is 0 Å². The van der Waals surface area contributed by atoms with E-state index in [0.717, 1.165) is 19.3 Å². The summed E-state index contributed by atoms with van der Waals surface area (Å²) in [5.74, 6) is -1.09. The van der Waals surface area contributed by atoms with E-state index in [1.165, 1.54) is 0 Å². The van der Waals surface area contributed by atoms with Crippen LogP contribution in [0.1, 0.15) is 32.6 Å². The first-order chi connectivity index (χ1) is 8.97. The van der Waals surface area contributed by atoms with Gasteiger partial charge in [0.2, 0.25) is 5.91 Å². The summed E-state index contributed by atoms with van der Waals surface area (Å²) in [7, 11) is 0. The Balaban J connectivity index is 2.25. The Labute approximate surface area is 112 Å². The summed E-state index contributed by atoms with van der Waals surface area (Å²) in [4.78, 5) is 33.4. The van der Waals surface area contributed by atoms with E-state index in [4.69, 9.17) is 5.11 Å². The highest BCUT2D eigenvalue weighted by atomic mass is 16.4. The van der Waals surface area contributed by atoms with Crippen LogP contribution in [0, 0.1) is 5.41 Å². The van der Waals surface area contributed by atoms with E-state index in [9.17, 15) is 14.4 Å². The number of likely N-dealkylation sites (N-methyl/N-ethyl adjacent to an activating group) is 1. The first-order valence-electron chi connectivity index (χ1n) is 6.48. The Morgan fingerprint density at radius 2 is 1.84 bits per heavy atom. The number of hydrogen-bond acceptors (Lipinski definition) is 3. The van der Waals surface area contributed by atoms with Crippen LogP contribution in [0.4, 0.5) is 4.79 Å². The predicted molar refractivity (Wildman–Crippen MR) is 68.6 cm³/mol. The molecule has 1 rings (SSSR count). The molecule has 0 unspecified atom stereocenters. The lowest BCUT2D eigenvalue weighted by Crippen LogP contribution is -2.48. The van der Waals surface area contributed by atoms with E-state index >= 15 is 0 Å². The molecule has 4 N–H and O–H groups in total. The van der Waals surface area contributed by atoms with Crippen molar-refractivity contribution in [2.45, 2.75) is 32.6 Å². The van der Waals surface area contributed by atoms with Crippen molar-refractivity contribution in [2.24, 2.45) is 5.41 Å². The van der Waals surface area contributed by atoms with Gasteiger partial charge in [0.25, 0.3) is 0 Å². The van der Waals surface area contributed by atoms with Crippen LogP contribution in [0.15, 0.2) is 0 Å². The van der Waals surface area contributed by atoms with Gasteiger partial charge < -0.3 is 21.1 Å². The highest BCUT2D eigenvalue weighted by molar-refractivity contribution is 5.83. The molecule has 7 heteroatoms. The third-order valence-electron chi connectivity index (χ3n) is 3.35. The Hall–Kier alpha value is -1.79. The molecule has 7 nitrogen and oxygen atoms in total. The third kappa shape index (κ3) is 5.15. The van der Waals surface area contributed by atoms with Gasteiger partial charge in [0, 0.05) is 13.1 Å². The third-order valence-corrected chi connectivity index (χ3v) is 3.35. The number of hydrogen-bond donors (Lipinski definition) is 4. The van der Waals surface area contributed by atoms with Crippen LogP contribution < -0.4 is 16.0 Å². The van der Waals surface area contributed by atoms with Gasteiger partial charge in [-0.25, -0.2) is 4.79 Å². The van der Waals surface area contributed by atoms with Crippen LogP contribution in [0.25, 0.3) is 0 Å². The lowest BCUT2D eigenvalue weighted by Gasteiger charge is -2.40. The number of amides is 3. The standard InChI is InChI=1S/C12H21N3O4/c1-2-13-9(16)7-14-11(19)15-8-12(4-3-5-12)6-10(17)18/h2-8H2,1H3,(H,13,16)(H,17,18)(H2,14,15,19). The zero-order valence-electron chi connectivity index (χ0n) is 11.1. The second-order valence-corrected chi connectivity index (χ2v) is 4.91. The molecule has 3 amide bonds. The van der Waals surface area contributed by atoms with Gasteiger partial charge in [0.05, 0.1) is 13.0 Å². The molecule has 0 aromatic heterocycles. The number of carbonyl (C=O) groups excluding carboxylic acids is 2. The molecule has 1 aliphatic rings. The largest absolute Gasteiger partial charge is 0.481 e. The summed E-state index contributed by atoms with van der Waals surface area (Å²) in [6.45, 7) is 2.57. The Morgan fingerprint density at radius 3 is 2.32 bits per heavy atom. The fourth-order valence-electron chi connectivity index (χ4n) is 2.16. The number of carboxylic acid groups (broad SMARTS) is 1. The van der Waals surface area contributed by atoms with Gasteiger partial charge in [-0.2, -0.15) is 0 Å². The molecular formula is C12H21N3O4. The lowest BCUT2D eigenvalue weighted by molar-refractivity contribution is -0.141. The summed E-state index contributed by atoms with van der Waals surface area (Å²) in [5, 5.41) is 16.5. The Bertz CT molecular complexity index is 353. The van der Waals surface area contributed by atoms with Crippen LogP contribution in [0.3, 0.4) is 0 Å². The van der Waals surface area contributed by atoms with Crippen molar-refractivity contribution in [2.75, 3.05) is 19.6 Å². The number of aliphatic carboxylic acids is 1. The maximum atomic E-state index is 11.5. The van der Waals surface area contributed by atoms with Crippen LogP contribution in [-0.4, -0.2) is 42.6 Å². The first-order valence-corrected chi connectivity index (χ1v) is 6.48. The van der Waals surface area contributed by atoms with Gasteiger partial charge >= 0.3 is 12.0 Å². The predicted octanol–water partition coefficient (Wildman–Crippen LogP) is 0.0667. The SMILES string of the molecule is CCNC(=O)CNC(=O)NCC1(CC(=O)O)CCC1. The van der Waals surface area contributed by atoms with Gasteiger partial charge in [-0.15, -0.1) is 0 Å². The maximum absolute atomic E-state index is 11.5. The molecule has 0 radical (unpaired) electrons. The topological polar surface area (TPSA) is 108 Å². The molecule has 1 saturated carbocycles. The molecular weight excluding hydrogens is 250 g/mol. The number of nitrogens with one attached hydrogen (secondary N) is 3. The summed E-state index contributed by atoms with van der Waals surface area (Å²) >= 11 is 0. The Kier molecular flexibility index (Phi) is 5.59. The van der Waals surface area contributed by atoms with Crippen LogP contribution in [0.5, 0.6) is 0 Å². The summed E-state index contributed by atoms with van der Waals surface area (Å²) in [6.07, 6.45) is 2.70. The van der Waals surface area contributed by atoms with Crippen molar-refractivity contribution in [3.63, 3.8) is 0 Å². The molecule has 0 heterocycles. The van der Waals surface area contributed by atoms with Gasteiger partial charge in [0.15, 0.2) is 0 Å². The maximum Gasteiger partial charge on any atom is 0.315 e. The highest BCUT2D eigenvalue weighted by Gasteiger charge is 2.39. The molecule has 0 aromatic rings. The summed E-state index contributed by atoms with van der Waals surface area (Å²) < 4.78 is 0. The number of carbonyl (C=O) groups is 3. The fourth-order valence-corrected chi connectivity index (χ4v) is 2.16. The molecule has 0 saturated heterocycles. The average Bonchev–Trinajstić information content (AvgIpc) is 2.29. The first kappa shape index (κ1) is 15.3. The lowest BCUT2D eigenvalue weighted by atomic mass is 9.66. The minimum Gasteiger partial charge on any atom is -0.481 e. The minimum absolute atomic E-state index is 0.0730. The molecule has 0 spiro atoms. The molecule has 108 valence electrons. The van der Waals surface area contributed by atoms with E-state index < -0.39 is 12.0 Å². The molecule has 0 aromatic carbocycles. The van der Waals surface area contributed by atoms with E-state index in [1.54, 1.807) is 6.92 Å². The molecule has 1 aliphatic carbocycles. The van der Waals surface area contributed by atoms with Crippen molar-refractivity contribution in [3.05, 3.63) is 0 Å². The second kappa shape index (κ2) is 6.96. The summed E-state index contributed by atoms with van der Waals surface area (Å²) in [5.41, 5.74) is -0.311. The molecule has 0 atom stereocenters. The molecule has 19 heavy (non-hydrogen) atoms. The van der Waals surface area contributed by atoms with Crippen LogP contribution in [0.2, 0.25) is 0 Å². The number of carboxylic acids is 1. The van der Waals surface area contributed by atoms with Crippen molar-refractivity contribution >= 4 is 17.9 Å². The monoisotopic (exact) mass is 271 g/mol. The fraction of sp³-hybridized carbons (Fsp3) is 0.750. The van der Waals surface area contributed by atoms with E-state index in [-0.39, 0.29) is 24.3 Å². The molecule has 1 fully saturated rings. The average molecular weight is 271 g/mol. The van der Waals surface area contributed by atoms with Crippen LogP contribution >= 0.6 is 0 Å². The van der Waals surface area contributed by atoms with Gasteiger partial charge in [-0.3, -0.25) is 9.59 Å². The molecule has 0 aliphatic heterocycles. The summed E-state index contributed by atoms with van der Waals surface area (Å²) in [6, 6.07) is -0.442.